The lowest BCUT2D eigenvalue weighted by molar-refractivity contribution is -0.190. The molecular formula is C36H39NO6. The lowest BCUT2D eigenvalue weighted by atomic mass is 9.43. The molecule has 0 saturated heterocycles. The van der Waals surface area contributed by atoms with E-state index in [1.165, 1.54) is 7.11 Å². The van der Waals surface area contributed by atoms with Crippen molar-refractivity contribution in [2.45, 2.75) is 70.1 Å². The lowest BCUT2D eigenvalue weighted by Crippen LogP contribution is -2.59. The standard InChI is InChI=1S/C36H39NO6/c1-21-24-14-15-28-35(2)20-25(18-26(33(39)41-3)27(35)16-17-36(28,19-24)31(21)38)42-34(40)30-29(22-10-6-4-7-11-22)37-32(43-30)23-12-8-5-9-13-23/h4-13,24-30H,1,14-20H2,2-3H3/t24-,25-,26-,27?,28+,29+,30-,35-,36-/m1/s1. The van der Waals surface area contributed by atoms with Gasteiger partial charge < -0.3 is 14.2 Å². The molecule has 1 unspecified atom stereocenters. The van der Waals surface area contributed by atoms with Crippen LogP contribution in [-0.4, -0.2) is 42.9 Å². The molecule has 4 fully saturated rings. The Labute approximate surface area is 252 Å². The Morgan fingerprint density at radius 2 is 1.70 bits per heavy atom. The summed E-state index contributed by atoms with van der Waals surface area (Å²) < 4.78 is 17.8. The molecule has 2 bridgehead atoms. The van der Waals surface area contributed by atoms with Crippen LogP contribution >= 0.6 is 0 Å². The van der Waals surface area contributed by atoms with Crippen molar-refractivity contribution in [1.82, 2.24) is 0 Å². The molecule has 5 aliphatic rings. The molecule has 1 spiro atoms. The van der Waals surface area contributed by atoms with Crippen molar-refractivity contribution in [2.75, 3.05) is 7.11 Å². The van der Waals surface area contributed by atoms with Crippen LogP contribution in [0.2, 0.25) is 0 Å². The second kappa shape index (κ2) is 10.5. The first-order valence-electron chi connectivity index (χ1n) is 15.6. The first-order valence-corrected chi connectivity index (χ1v) is 15.6. The van der Waals surface area contributed by atoms with Gasteiger partial charge in [0.1, 0.15) is 12.1 Å². The van der Waals surface area contributed by atoms with Gasteiger partial charge in [0.05, 0.1) is 13.0 Å². The minimum absolute atomic E-state index is 0.0663. The minimum atomic E-state index is -0.951. The van der Waals surface area contributed by atoms with Gasteiger partial charge >= 0.3 is 11.9 Å². The van der Waals surface area contributed by atoms with E-state index in [1.54, 1.807) is 0 Å². The first kappa shape index (κ1) is 28.1. The van der Waals surface area contributed by atoms with Crippen LogP contribution in [0.25, 0.3) is 0 Å². The molecule has 2 aromatic carbocycles. The zero-order valence-electron chi connectivity index (χ0n) is 24.9. The van der Waals surface area contributed by atoms with Crippen LogP contribution in [0.1, 0.15) is 69.0 Å². The number of nitrogens with zero attached hydrogens (tertiary/aromatic N) is 1. The van der Waals surface area contributed by atoms with E-state index in [4.69, 9.17) is 19.2 Å². The number of hydrogen-bond donors (Lipinski definition) is 0. The van der Waals surface area contributed by atoms with Gasteiger partial charge in [-0.05, 0) is 91.4 Å². The smallest absolute Gasteiger partial charge is 0.350 e. The van der Waals surface area contributed by atoms with Gasteiger partial charge in [0, 0.05) is 11.0 Å². The van der Waals surface area contributed by atoms with Crippen LogP contribution in [0.3, 0.4) is 0 Å². The van der Waals surface area contributed by atoms with Gasteiger partial charge in [-0.2, -0.15) is 0 Å². The molecule has 0 amide bonds. The fourth-order valence-electron chi connectivity index (χ4n) is 9.65. The van der Waals surface area contributed by atoms with Crippen molar-refractivity contribution in [2.24, 2.45) is 39.5 Å². The van der Waals surface area contributed by atoms with E-state index in [2.05, 4.69) is 13.5 Å². The summed E-state index contributed by atoms with van der Waals surface area (Å²) in [5.41, 5.74) is 1.68. The van der Waals surface area contributed by atoms with Crippen molar-refractivity contribution >= 4 is 23.6 Å². The maximum Gasteiger partial charge on any atom is 0.350 e. The van der Waals surface area contributed by atoms with Crippen molar-refractivity contribution in [3.8, 4) is 0 Å². The quantitative estimate of drug-likeness (QED) is 0.317. The molecule has 7 nitrogen and oxygen atoms in total. The van der Waals surface area contributed by atoms with Crippen LogP contribution in [0.15, 0.2) is 77.8 Å². The largest absolute Gasteiger partial charge is 0.469 e. The molecule has 224 valence electrons. The molecule has 1 aliphatic heterocycles. The molecule has 4 saturated carbocycles. The highest BCUT2D eigenvalue weighted by Gasteiger charge is 2.67. The van der Waals surface area contributed by atoms with Gasteiger partial charge in [-0.1, -0.05) is 62.0 Å². The predicted octanol–water partition coefficient (Wildman–Crippen LogP) is 6.03. The minimum Gasteiger partial charge on any atom is -0.469 e. The number of rotatable bonds is 5. The molecule has 0 radical (unpaired) electrons. The summed E-state index contributed by atoms with van der Waals surface area (Å²) in [6.07, 6.45) is 3.85. The van der Waals surface area contributed by atoms with Crippen molar-refractivity contribution in [3.05, 3.63) is 83.9 Å². The summed E-state index contributed by atoms with van der Waals surface area (Å²) in [4.78, 5) is 45.7. The molecular weight excluding hydrogens is 542 g/mol. The summed E-state index contributed by atoms with van der Waals surface area (Å²) in [6, 6.07) is 18.6. The predicted molar refractivity (Wildman–Crippen MR) is 160 cm³/mol. The maximum atomic E-state index is 14.0. The molecule has 1 heterocycles. The topological polar surface area (TPSA) is 91.3 Å². The SMILES string of the molecule is C=C1C(=O)[C@@]23CCC4[C@H](C(=O)OC)C[C@@H](OC(=O)[C@@H]5OC(c6ccccc6)=N[C@H]5c5ccccc5)C[C@@]4(C)[C@@H]2CC[C@@H]1C3. The highest BCUT2D eigenvalue weighted by Crippen LogP contribution is 2.69. The van der Waals surface area contributed by atoms with Crippen LogP contribution in [0.4, 0.5) is 0 Å². The summed E-state index contributed by atoms with van der Waals surface area (Å²) in [5, 5.41) is 0. The third-order valence-electron chi connectivity index (χ3n) is 11.5. The van der Waals surface area contributed by atoms with E-state index in [1.807, 2.05) is 60.7 Å². The molecule has 0 aromatic heterocycles. The number of Topliss-reactive ketones (excluding diaryl/α,β-unsaturated/α-hetero) is 1. The number of esters is 2. The normalized spacial score (nSPS) is 37.9. The van der Waals surface area contributed by atoms with Crippen LogP contribution in [0.5, 0.6) is 0 Å². The number of fused-ring (bicyclic) bond motifs is 3. The van der Waals surface area contributed by atoms with E-state index in [9.17, 15) is 14.4 Å². The Kier molecular flexibility index (Phi) is 6.82. The van der Waals surface area contributed by atoms with Gasteiger partial charge in [-0.25, -0.2) is 9.79 Å². The summed E-state index contributed by atoms with van der Waals surface area (Å²) in [5.74, 6) is -0.0709. The Bertz CT molecular complexity index is 1490. The van der Waals surface area contributed by atoms with Gasteiger partial charge in [-0.3, -0.25) is 9.59 Å². The third kappa shape index (κ3) is 4.37. The van der Waals surface area contributed by atoms with E-state index in [-0.39, 0.29) is 34.9 Å². The Morgan fingerprint density at radius 3 is 2.42 bits per heavy atom. The molecule has 7 heteroatoms. The fourth-order valence-corrected chi connectivity index (χ4v) is 9.65. The number of ether oxygens (including phenoxy) is 3. The molecule has 2 aromatic rings. The second-order valence-electron chi connectivity index (χ2n) is 13.5. The first-order chi connectivity index (χ1) is 20.7. The maximum absolute atomic E-state index is 14.0. The molecule has 0 N–H and O–H groups in total. The van der Waals surface area contributed by atoms with Crippen LogP contribution < -0.4 is 0 Å². The molecule has 4 aliphatic carbocycles. The number of ketones is 1. The summed E-state index contributed by atoms with van der Waals surface area (Å²) in [6.45, 7) is 6.41. The number of allylic oxidation sites excluding steroid dienone is 1. The average molecular weight is 582 g/mol. The van der Waals surface area contributed by atoms with Crippen molar-refractivity contribution in [1.29, 1.82) is 0 Å². The fraction of sp³-hybridized carbons (Fsp3) is 0.500. The van der Waals surface area contributed by atoms with Gasteiger partial charge in [0.2, 0.25) is 12.0 Å². The van der Waals surface area contributed by atoms with E-state index in [0.29, 0.717) is 18.7 Å². The number of methoxy groups -OCH3 is 1. The van der Waals surface area contributed by atoms with Crippen LogP contribution in [0, 0.1) is 34.5 Å². The van der Waals surface area contributed by atoms with E-state index < -0.39 is 35.6 Å². The lowest BCUT2D eigenvalue weighted by Gasteiger charge is -2.61. The zero-order valence-corrected chi connectivity index (χ0v) is 24.9. The summed E-state index contributed by atoms with van der Waals surface area (Å²) >= 11 is 0. The Balaban J connectivity index is 1.18. The highest BCUT2D eigenvalue weighted by molar-refractivity contribution is 6.03. The van der Waals surface area contributed by atoms with Gasteiger partial charge in [-0.15, -0.1) is 0 Å². The average Bonchev–Trinajstić information content (AvgIpc) is 3.55. The monoisotopic (exact) mass is 581 g/mol. The number of benzene rings is 2. The number of aliphatic imine (C=N–C) groups is 1. The van der Waals surface area contributed by atoms with Crippen molar-refractivity contribution < 1.29 is 28.6 Å². The van der Waals surface area contributed by atoms with Gasteiger partial charge in [0.25, 0.3) is 0 Å². The number of carbonyl (C=O) groups excluding carboxylic acids is 3. The second-order valence-corrected chi connectivity index (χ2v) is 13.5. The Hall–Kier alpha value is -3.74. The highest BCUT2D eigenvalue weighted by atomic mass is 16.6. The zero-order chi connectivity index (χ0) is 29.9. The third-order valence-corrected chi connectivity index (χ3v) is 11.5. The van der Waals surface area contributed by atoms with Crippen molar-refractivity contribution in [3.63, 3.8) is 0 Å². The molecule has 9 atom stereocenters. The number of carbonyl (C=O) groups is 3. The molecule has 7 rings (SSSR count). The van der Waals surface area contributed by atoms with Crippen LogP contribution in [-0.2, 0) is 28.6 Å². The molecule has 43 heavy (non-hydrogen) atoms. The van der Waals surface area contributed by atoms with Gasteiger partial charge in [0.15, 0.2) is 5.78 Å². The van der Waals surface area contributed by atoms with E-state index >= 15 is 0 Å². The number of hydrogen-bond acceptors (Lipinski definition) is 7. The summed E-state index contributed by atoms with van der Waals surface area (Å²) in [7, 11) is 1.43. The Morgan fingerprint density at radius 1 is 0.977 bits per heavy atom. The van der Waals surface area contributed by atoms with E-state index in [0.717, 1.165) is 48.8 Å².